The van der Waals surface area contributed by atoms with Crippen molar-refractivity contribution in [1.29, 1.82) is 0 Å². The number of methoxy groups -OCH3 is 1. The maximum Gasteiger partial charge on any atom is 0.289 e. The molecule has 0 saturated heterocycles. The molecule has 0 amide bonds. The predicted molar refractivity (Wildman–Crippen MR) is 87.1 cm³/mol. The number of rotatable bonds is 3. The smallest absolute Gasteiger partial charge is 0.289 e. The predicted octanol–water partition coefficient (Wildman–Crippen LogP) is 0.555. The third kappa shape index (κ3) is 2.59. The van der Waals surface area contributed by atoms with Crippen LogP contribution in [-0.2, 0) is 0 Å². The van der Waals surface area contributed by atoms with Crippen molar-refractivity contribution in [1.82, 2.24) is 10.1 Å². The minimum atomic E-state index is -0.407. The van der Waals surface area contributed by atoms with Crippen molar-refractivity contribution < 1.29 is 4.74 Å². The highest BCUT2D eigenvalue weighted by atomic mass is 32.1. The fourth-order valence-electron chi connectivity index (χ4n) is 2.10. The summed E-state index contributed by atoms with van der Waals surface area (Å²) < 4.78 is 7.29. The Morgan fingerprint density at radius 3 is 2.77 bits per heavy atom. The molecule has 6 nitrogen and oxygen atoms in total. The van der Waals surface area contributed by atoms with Gasteiger partial charge in [0.1, 0.15) is 11.4 Å². The van der Waals surface area contributed by atoms with Crippen LogP contribution in [0, 0.1) is 0 Å². The number of fused-ring (bicyclic) bond motifs is 1. The second-order valence-corrected chi connectivity index (χ2v) is 6.34. The van der Waals surface area contributed by atoms with Crippen LogP contribution < -0.4 is 30.5 Å². The normalized spacial score (nSPS) is 20.6. The zero-order valence-corrected chi connectivity index (χ0v) is 13.5. The lowest BCUT2D eigenvalue weighted by Gasteiger charge is -2.32. The summed E-state index contributed by atoms with van der Waals surface area (Å²) in [5.74, 6) is 0.791. The summed E-state index contributed by atoms with van der Waals surface area (Å²) in [6, 6.07) is 7.58. The van der Waals surface area contributed by atoms with Gasteiger partial charge in [-0.25, -0.2) is 0 Å². The van der Waals surface area contributed by atoms with Gasteiger partial charge >= 0.3 is 0 Å². The van der Waals surface area contributed by atoms with E-state index in [9.17, 15) is 4.79 Å². The van der Waals surface area contributed by atoms with Crippen LogP contribution >= 0.6 is 11.3 Å². The van der Waals surface area contributed by atoms with E-state index in [2.05, 4.69) is 16.0 Å². The zero-order chi connectivity index (χ0) is 15.7. The molecule has 1 aliphatic heterocycles. The van der Waals surface area contributed by atoms with Gasteiger partial charge in [0.25, 0.3) is 5.56 Å². The Labute approximate surface area is 131 Å². The number of thiazole rings is 1. The quantitative estimate of drug-likeness (QED) is 0.867. The van der Waals surface area contributed by atoms with Crippen molar-refractivity contribution in [3.8, 4) is 5.75 Å². The Balaban J connectivity index is 2.04. The lowest BCUT2D eigenvalue weighted by Crippen LogP contribution is -2.59. The van der Waals surface area contributed by atoms with Crippen molar-refractivity contribution in [2.75, 3.05) is 12.5 Å². The fraction of sp³-hybridized carbons (Fsp3) is 0.333. The molecule has 0 spiro atoms. The van der Waals surface area contributed by atoms with E-state index in [-0.39, 0.29) is 5.56 Å². The van der Waals surface area contributed by atoms with Crippen molar-refractivity contribution >= 4 is 17.4 Å². The number of benzene rings is 1. The van der Waals surface area contributed by atoms with Crippen molar-refractivity contribution in [3.05, 3.63) is 49.5 Å². The largest absolute Gasteiger partial charge is 0.497 e. The molecule has 116 valence electrons. The Kier molecular flexibility index (Phi) is 3.66. The van der Waals surface area contributed by atoms with E-state index in [4.69, 9.17) is 4.74 Å². The lowest BCUT2D eigenvalue weighted by molar-refractivity contribution is 0.332. The van der Waals surface area contributed by atoms with Crippen molar-refractivity contribution in [2.45, 2.75) is 25.9 Å². The molecule has 1 aromatic heterocycles. The van der Waals surface area contributed by atoms with Gasteiger partial charge in [0.2, 0.25) is 4.80 Å². The van der Waals surface area contributed by atoms with Crippen LogP contribution in [-0.4, -0.2) is 17.4 Å². The second kappa shape index (κ2) is 5.49. The number of hydrogen-bond acceptors (Lipinski definition) is 6. The van der Waals surface area contributed by atoms with Crippen molar-refractivity contribution in [3.63, 3.8) is 0 Å². The van der Waals surface area contributed by atoms with E-state index >= 15 is 0 Å². The van der Waals surface area contributed by atoms with Crippen LogP contribution in [0.25, 0.3) is 6.08 Å². The molecule has 1 unspecified atom stereocenters. The molecule has 2 heterocycles. The Morgan fingerprint density at radius 1 is 1.41 bits per heavy atom. The van der Waals surface area contributed by atoms with Gasteiger partial charge in [0.15, 0.2) is 0 Å². The number of hydrogen-bond donors (Lipinski definition) is 2. The third-order valence-electron chi connectivity index (χ3n) is 3.68. The highest BCUT2D eigenvalue weighted by Crippen LogP contribution is 2.11. The molecule has 0 fully saturated rings. The van der Waals surface area contributed by atoms with Gasteiger partial charge in [-0.2, -0.15) is 4.68 Å². The van der Waals surface area contributed by atoms with E-state index in [1.54, 1.807) is 7.11 Å². The summed E-state index contributed by atoms with van der Waals surface area (Å²) in [4.78, 5) is 13.1. The molecule has 0 aliphatic carbocycles. The van der Waals surface area contributed by atoms with Gasteiger partial charge in [-0.1, -0.05) is 30.4 Å². The molecule has 2 N–H and O–H groups in total. The molecular weight excluding hydrogens is 300 g/mol. The second-order valence-electron chi connectivity index (χ2n) is 5.33. The summed E-state index contributed by atoms with van der Waals surface area (Å²) in [6.45, 7) is 4.00. The highest BCUT2D eigenvalue weighted by Gasteiger charge is 2.26. The van der Waals surface area contributed by atoms with Gasteiger partial charge in [-0.05, 0) is 37.1 Å². The Bertz CT molecular complexity index is 853. The number of ether oxygens (including phenoxy) is 1. The van der Waals surface area contributed by atoms with E-state index in [1.807, 2.05) is 44.2 Å². The van der Waals surface area contributed by atoms with Gasteiger partial charge in [-0.3, -0.25) is 15.6 Å². The topological polar surface area (TPSA) is 67.7 Å². The zero-order valence-electron chi connectivity index (χ0n) is 12.7. The average molecular weight is 318 g/mol. The van der Waals surface area contributed by atoms with Crippen LogP contribution in [0.4, 0.5) is 0 Å². The third-order valence-corrected chi connectivity index (χ3v) is 4.65. The molecule has 3 rings (SSSR count). The first-order valence-electron chi connectivity index (χ1n) is 7.05. The number of nitrogens with zero attached hydrogens (tertiary/aromatic N) is 2. The van der Waals surface area contributed by atoms with Gasteiger partial charge in [-0.15, -0.1) is 5.10 Å². The first-order chi connectivity index (χ1) is 10.5. The standard InChI is InChI=1S/C15H18N4O2S/c1-4-15(2)17-16-14-19(18-15)13(20)12(22-14)9-10-5-7-11(21-3)8-6-10/h5-9,17-18H,4H2,1-3H3/b12-9-. The molecular formula is C15H18N4O2S. The van der Waals surface area contributed by atoms with E-state index in [0.29, 0.717) is 9.33 Å². The van der Waals surface area contributed by atoms with Crippen LogP contribution in [0.1, 0.15) is 25.8 Å². The molecule has 7 heteroatoms. The minimum absolute atomic E-state index is 0.0826. The first-order valence-corrected chi connectivity index (χ1v) is 7.87. The minimum Gasteiger partial charge on any atom is -0.497 e. The van der Waals surface area contributed by atoms with E-state index in [1.165, 1.54) is 16.0 Å². The lowest BCUT2D eigenvalue weighted by atomic mass is 10.2. The Hall–Kier alpha value is -2.28. The molecule has 1 aromatic carbocycles. The van der Waals surface area contributed by atoms with Crippen LogP contribution in [0.15, 0.2) is 34.2 Å². The highest BCUT2D eigenvalue weighted by molar-refractivity contribution is 7.07. The van der Waals surface area contributed by atoms with Gasteiger partial charge in [0.05, 0.1) is 11.6 Å². The van der Waals surface area contributed by atoms with Gasteiger partial charge in [0, 0.05) is 0 Å². The Morgan fingerprint density at radius 2 is 2.14 bits per heavy atom. The average Bonchev–Trinajstić information content (AvgIpc) is 2.84. The molecule has 1 atom stereocenters. The number of aromatic nitrogens is 1. The summed E-state index contributed by atoms with van der Waals surface area (Å²) in [6.07, 6.45) is 2.66. The SMILES string of the molecule is CCC1(C)NN=c2s/c(=C\c3ccc(OC)cc3)c(=O)n2N1. The maximum atomic E-state index is 12.5. The molecule has 0 bridgehead atoms. The first kappa shape index (κ1) is 14.6. The molecule has 2 aromatic rings. The summed E-state index contributed by atoms with van der Waals surface area (Å²) in [5.41, 5.74) is 6.70. The summed E-state index contributed by atoms with van der Waals surface area (Å²) in [5, 5.41) is 4.30. The molecule has 22 heavy (non-hydrogen) atoms. The van der Waals surface area contributed by atoms with Crippen molar-refractivity contribution in [2.24, 2.45) is 5.10 Å². The fourth-order valence-corrected chi connectivity index (χ4v) is 2.98. The molecule has 1 aliphatic rings. The molecule has 0 saturated carbocycles. The van der Waals surface area contributed by atoms with E-state index < -0.39 is 5.66 Å². The summed E-state index contributed by atoms with van der Waals surface area (Å²) >= 11 is 1.35. The summed E-state index contributed by atoms with van der Waals surface area (Å²) in [7, 11) is 1.63. The molecule has 0 radical (unpaired) electrons. The monoisotopic (exact) mass is 318 g/mol. The van der Waals surface area contributed by atoms with E-state index in [0.717, 1.165) is 17.7 Å². The van der Waals surface area contributed by atoms with Crippen LogP contribution in [0.5, 0.6) is 5.75 Å². The number of nitrogens with one attached hydrogen (secondary N) is 2. The van der Waals surface area contributed by atoms with Crippen LogP contribution in [0.3, 0.4) is 0 Å². The van der Waals surface area contributed by atoms with Gasteiger partial charge < -0.3 is 4.74 Å². The van der Waals surface area contributed by atoms with Crippen LogP contribution in [0.2, 0.25) is 0 Å². The maximum absolute atomic E-state index is 12.5.